The van der Waals surface area contributed by atoms with Gasteiger partial charge in [-0.15, -0.1) is 0 Å². The quantitative estimate of drug-likeness (QED) is 0.755. The molecule has 0 radical (unpaired) electrons. The number of piperidine rings is 1. The lowest BCUT2D eigenvalue weighted by Gasteiger charge is -2.35. The molecule has 1 aliphatic heterocycles. The number of carbonyl (C=O) groups excluding carboxylic acids is 2. The van der Waals surface area contributed by atoms with E-state index < -0.39 is 0 Å². The Labute approximate surface area is 162 Å². The number of likely N-dealkylation sites (tertiary alicyclic amines) is 1. The minimum atomic E-state index is -0.0835. The van der Waals surface area contributed by atoms with E-state index in [1.54, 1.807) is 4.90 Å². The van der Waals surface area contributed by atoms with Crippen molar-refractivity contribution in [3.8, 4) is 5.75 Å². The largest absolute Gasteiger partial charge is 0.493 e. The van der Waals surface area contributed by atoms with E-state index in [2.05, 4.69) is 13.8 Å². The Morgan fingerprint density at radius 3 is 2.44 bits per heavy atom. The Kier molecular flexibility index (Phi) is 7.66. The van der Waals surface area contributed by atoms with E-state index in [4.69, 9.17) is 10.5 Å². The molecular weight excluding hydrogens is 342 g/mol. The first-order chi connectivity index (χ1) is 12.8. The lowest BCUT2D eigenvalue weighted by Crippen LogP contribution is -2.46. The predicted molar refractivity (Wildman–Crippen MR) is 106 cm³/mol. The number of hydrogen-bond donors (Lipinski definition) is 1. The van der Waals surface area contributed by atoms with Crippen LogP contribution in [0.1, 0.15) is 33.1 Å². The third kappa shape index (κ3) is 6.54. The van der Waals surface area contributed by atoms with Gasteiger partial charge in [0.25, 0.3) is 0 Å². The van der Waals surface area contributed by atoms with Crippen molar-refractivity contribution in [2.24, 2.45) is 17.1 Å². The average Bonchev–Trinajstić information content (AvgIpc) is 2.68. The Bertz CT molecular complexity index is 610. The van der Waals surface area contributed by atoms with Crippen molar-refractivity contribution >= 4 is 11.8 Å². The summed E-state index contributed by atoms with van der Waals surface area (Å²) in [7, 11) is 1.85. The molecule has 1 aromatic rings. The summed E-state index contributed by atoms with van der Waals surface area (Å²) in [6, 6.07) is 9.50. The maximum Gasteiger partial charge on any atom is 0.225 e. The first kappa shape index (κ1) is 21.2. The number of para-hydroxylation sites is 1. The molecule has 6 heteroatoms. The number of amides is 2. The first-order valence-electron chi connectivity index (χ1n) is 9.73. The molecule has 1 aromatic carbocycles. The van der Waals surface area contributed by atoms with Crippen LogP contribution in [0, 0.1) is 11.3 Å². The highest BCUT2D eigenvalue weighted by molar-refractivity contribution is 5.80. The van der Waals surface area contributed by atoms with E-state index in [1.807, 2.05) is 42.3 Å². The maximum atomic E-state index is 12.7. The fraction of sp³-hybridized carbons (Fsp3) is 0.619. The molecule has 6 nitrogen and oxygen atoms in total. The molecule has 2 N–H and O–H groups in total. The number of benzene rings is 1. The summed E-state index contributed by atoms with van der Waals surface area (Å²) in [5.41, 5.74) is 5.69. The zero-order chi connectivity index (χ0) is 19.9. The smallest absolute Gasteiger partial charge is 0.225 e. The molecule has 0 aliphatic carbocycles. The summed E-state index contributed by atoms with van der Waals surface area (Å²) >= 11 is 0. The van der Waals surface area contributed by atoms with Crippen LogP contribution in [0.4, 0.5) is 0 Å². The molecule has 150 valence electrons. The minimum absolute atomic E-state index is 0.00630. The molecule has 2 rings (SSSR count). The van der Waals surface area contributed by atoms with E-state index >= 15 is 0 Å². The zero-order valence-corrected chi connectivity index (χ0v) is 16.8. The lowest BCUT2D eigenvalue weighted by atomic mass is 9.91. The molecule has 27 heavy (non-hydrogen) atoms. The van der Waals surface area contributed by atoms with Crippen molar-refractivity contribution in [2.75, 3.05) is 39.8 Å². The lowest BCUT2D eigenvalue weighted by molar-refractivity contribution is -0.140. The van der Waals surface area contributed by atoms with Crippen LogP contribution in [0.5, 0.6) is 5.75 Å². The second-order valence-electron chi connectivity index (χ2n) is 8.13. The van der Waals surface area contributed by atoms with Crippen LogP contribution < -0.4 is 10.5 Å². The van der Waals surface area contributed by atoms with E-state index in [-0.39, 0.29) is 23.1 Å². The number of ether oxygens (including phenoxy) is 1. The summed E-state index contributed by atoms with van der Waals surface area (Å²) in [5.74, 6) is 1.02. The molecule has 0 spiro atoms. The van der Waals surface area contributed by atoms with Gasteiger partial charge in [0.05, 0.1) is 13.0 Å². The number of hydrogen-bond acceptors (Lipinski definition) is 4. The Balaban J connectivity index is 1.72. The fourth-order valence-corrected chi connectivity index (χ4v) is 3.40. The minimum Gasteiger partial charge on any atom is -0.493 e. The zero-order valence-electron chi connectivity index (χ0n) is 16.8. The van der Waals surface area contributed by atoms with Gasteiger partial charge in [-0.3, -0.25) is 9.59 Å². The van der Waals surface area contributed by atoms with E-state index in [0.717, 1.165) is 18.6 Å². The second kappa shape index (κ2) is 9.74. The van der Waals surface area contributed by atoms with Gasteiger partial charge in [-0.1, -0.05) is 32.0 Å². The molecule has 1 aliphatic rings. The highest BCUT2D eigenvalue weighted by Crippen LogP contribution is 2.22. The van der Waals surface area contributed by atoms with Crippen LogP contribution in [0.3, 0.4) is 0 Å². The fourth-order valence-electron chi connectivity index (χ4n) is 3.40. The molecule has 0 aromatic heterocycles. The third-order valence-electron chi connectivity index (χ3n) is 5.12. The van der Waals surface area contributed by atoms with Crippen molar-refractivity contribution in [3.05, 3.63) is 30.3 Å². The number of nitrogens with two attached hydrogens (primary N) is 1. The predicted octanol–water partition coefficient (Wildman–Crippen LogP) is 2.14. The van der Waals surface area contributed by atoms with Gasteiger partial charge in [0.1, 0.15) is 5.75 Å². The maximum absolute atomic E-state index is 12.7. The third-order valence-corrected chi connectivity index (χ3v) is 5.12. The number of nitrogens with zero attached hydrogens (tertiary/aromatic N) is 2. The molecule has 2 amide bonds. The van der Waals surface area contributed by atoms with Gasteiger partial charge in [0, 0.05) is 32.6 Å². The standard InChI is InChI=1S/C21H33N3O3/c1-21(2,15-22)16-23(3)20(26)17-9-12-24(13-10-17)19(25)11-14-27-18-7-5-4-6-8-18/h4-8,17H,9-16,22H2,1-3H3. The average molecular weight is 376 g/mol. The Morgan fingerprint density at radius 1 is 1.22 bits per heavy atom. The van der Waals surface area contributed by atoms with Crippen molar-refractivity contribution in [1.29, 1.82) is 0 Å². The highest BCUT2D eigenvalue weighted by atomic mass is 16.5. The molecule has 0 bridgehead atoms. The van der Waals surface area contributed by atoms with Gasteiger partial charge < -0.3 is 20.3 Å². The summed E-state index contributed by atoms with van der Waals surface area (Å²) in [6.45, 7) is 6.97. The monoisotopic (exact) mass is 375 g/mol. The van der Waals surface area contributed by atoms with Gasteiger partial charge in [-0.05, 0) is 36.9 Å². The second-order valence-corrected chi connectivity index (χ2v) is 8.13. The van der Waals surface area contributed by atoms with Crippen LogP contribution >= 0.6 is 0 Å². The van der Waals surface area contributed by atoms with Crippen LogP contribution in [0.25, 0.3) is 0 Å². The van der Waals surface area contributed by atoms with Gasteiger partial charge in [-0.2, -0.15) is 0 Å². The van der Waals surface area contributed by atoms with Gasteiger partial charge in [0.2, 0.25) is 11.8 Å². The van der Waals surface area contributed by atoms with Crippen molar-refractivity contribution in [1.82, 2.24) is 9.80 Å². The van der Waals surface area contributed by atoms with Crippen LogP contribution in [-0.4, -0.2) is 61.4 Å². The molecule has 0 atom stereocenters. The summed E-state index contributed by atoms with van der Waals surface area (Å²) < 4.78 is 5.60. The first-order valence-corrected chi connectivity index (χ1v) is 9.73. The van der Waals surface area contributed by atoms with Crippen molar-refractivity contribution in [2.45, 2.75) is 33.1 Å². The molecule has 0 saturated carbocycles. The summed E-state index contributed by atoms with van der Waals surface area (Å²) in [6.07, 6.45) is 1.80. The molecule has 0 unspecified atom stereocenters. The SMILES string of the molecule is CN(CC(C)(C)CN)C(=O)C1CCN(C(=O)CCOc2ccccc2)CC1. The Hall–Kier alpha value is -2.08. The molecule has 1 fully saturated rings. The van der Waals surface area contributed by atoms with Gasteiger partial charge in [0.15, 0.2) is 0 Å². The van der Waals surface area contributed by atoms with Gasteiger partial charge in [-0.25, -0.2) is 0 Å². The van der Waals surface area contributed by atoms with Crippen LogP contribution in [0.2, 0.25) is 0 Å². The molecular formula is C21H33N3O3. The highest BCUT2D eigenvalue weighted by Gasteiger charge is 2.30. The normalized spacial score (nSPS) is 15.5. The Morgan fingerprint density at radius 2 is 1.85 bits per heavy atom. The summed E-state index contributed by atoms with van der Waals surface area (Å²) in [5, 5.41) is 0. The number of rotatable bonds is 8. The van der Waals surface area contributed by atoms with E-state index in [1.165, 1.54) is 0 Å². The molecule has 1 saturated heterocycles. The van der Waals surface area contributed by atoms with Crippen LogP contribution in [0.15, 0.2) is 30.3 Å². The van der Waals surface area contributed by atoms with Crippen molar-refractivity contribution in [3.63, 3.8) is 0 Å². The van der Waals surface area contributed by atoms with Gasteiger partial charge >= 0.3 is 0 Å². The van der Waals surface area contributed by atoms with E-state index in [9.17, 15) is 9.59 Å². The number of carbonyl (C=O) groups is 2. The molecule has 1 heterocycles. The van der Waals surface area contributed by atoms with Crippen LogP contribution in [-0.2, 0) is 9.59 Å². The van der Waals surface area contributed by atoms with Crippen molar-refractivity contribution < 1.29 is 14.3 Å². The van der Waals surface area contributed by atoms with E-state index in [0.29, 0.717) is 39.2 Å². The topological polar surface area (TPSA) is 75.9 Å². The summed E-state index contributed by atoms with van der Waals surface area (Å²) in [4.78, 5) is 28.7.